The van der Waals surface area contributed by atoms with E-state index in [1.54, 1.807) is 0 Å². The molecule has 44 heavy (non-hydrogen) atoms. The van der Waals surface area contributed by atoms with E-state index in [4.69, 9.17) is 0 Å². The van der Waals surface area contributed by atoms with Gasteiger partial charge in [-0.3, -0.25) is 29.3 Å². The molecular formula is C22H14N6O14S2. The number of phenols is 4. The Morgan fingerprint density at radius 2 is 1.07 bits per heavy atom. The second kappa shape index (κ2) is 11.1. The number of hydrogen-bond acceptors (Lipinski definition) is 16. The number of azo groups is 2. The fraction of sp³-hybridized carbons (Fsp3) is 0. The van der Waals surface area contributed by atoms with Crippen LogP contribution in [0.2, 0.25) is 0 Å². The molecule has 0 atom stereocenters. The molecule has 0 fully saturated rings. The van der Waals surface area contributed by atoms with Crippen LogP contribution in [0.25, 0.3) is 10.8 Å². The van der Waals surface area contributed by atoms with Crippen molar-refractivity contribution in [3.63, 3.8) is 0 Å². The maximum absolute atomic E-state index is 11.8. The molecule has 0 aliphatic rings. The van der Waals surface area contributed by atoms with Gasteiger partial charge >= 0.3 is 5.69 Å². The fourth-order valence-corrected chi connectivity index (χ4v) is 4.71. The molecule has 22 heteroatoms. The summed E-state index contributed by atoms with van der Waals surface area (Å²) in [5, 5.41) is 77.0. The topological polar surface area (TPSA) is 325 Å². The standard InChI is InChI=1S/C22H14N6O14S2/c29-18-8-19(30)14(24-26-16-3-10(27(33)34)4-17(22(16)32)28(35)36)7-13(18)23-25-15-5-11(43(37,38)39)1-9-2-12(44(40,41)42)6-20(31)21(9)15/h1-8,29-32H,(H,37,38,39)(H,40,41,42). The summed E-state index contributed by atoms with van der Waals surface area (Å²) < 4.78 is 65.6. The lowest BCUT2D eigenvalue weighted by atomic mass is 10.1. The number of rotatable bonds is 8. The van der Waals surface area contributed by atoms with E-state index in [9.17, 15) is 66.6 Å². The molecule has 4 rings (SSSR count). The number of nitrogens with zero attached hydrogens (tertiary/aromatic N) is 6. The van der Waals surface area contributed by atoms with E-state index in [2.05, 4.69) is 20.5 Å². The van der Waals surface area contributed by atoms with Crippen LogP contribution < -0.4 is 0 Å². The molecule has 0 unspecified atom stereocenters. The zero-order valence-corrected chi connectivity index (χ0v) is 22.7. The van der Waals surface area contributed by atoms with E-state index in [-0.39, 0.29) is 10.8 Å². The van der Waals surface area contributed by atoms with Crippen LogP contribution in [0.15, 0.2) is 78.8 Å². The SMILES string of the molecule is O=[N+]([O-])c1cc(N=Nc2cc(N=Nc3cc(S(=O)(=O)O)cc4cc(S(=O)(=O)O)cc(O)c34)c(O)cc2O)c(O)c([N+](=O)[O-])c1. The van der Waals surface area contributed by atoms with Crippen molar-refractivity contribution in [2.24, 2.45) is 20.5 Å². The number of benzene rings is 4. The second-order valence-electron chi connectivity index (χ2n) is 8.51. The minimum Gasteiger partial charge on any atom is -0.507 e. The molecule has 6 N–H and O–H groups in total. The Morgan fingerprint density at radius 1 is 0.568 bits per heavy atom. The summed E-state index contributed by atoms with van der Waals surface area (Å²) in [5.41, 5.74) is -4.16. The lowest BCUT2D eigenvalue weighted by Gasteiger charge is -2.09. The van der Waals surface area contributed by atoms with Gasteiger partial charge in [0.25, 0.3) is 25.9 Å². The summed E-state index contributed by atoms with van der Waals surface area (Å²) in [7, 11) is -9.82. The first kappa shape index (κ1) is 31.1. The maximum Gasteiger partial charge on any atom is 0.319 e. The van der Waals surface area contributed by atoms with Gasteiger partial charge < -0.3 is 20.4 Å². The van der Waals surface area contributed by atoms with E-state index in [0.29, 0.717) is 24.3 Å². The van der Waals surface area contributed by atoms with Gasteiger partial charge in [0.2, 0.25) is 5.75 Å². The quantitative estimate of drug-likeness (QED) is 0.0645. The van der Waals surface area contributed by atoms with E-state index >= 15 is 0 Å². The van der Waals surface area contributed by atoms with Crippen LogP contribution in [-0.4, -0.2) is 56.2 Å². The molecule has 0 saturated carbocycles. The summed E-state index contributed by atoms with van der Waals surface area (Å²) in [5.74, 6) is -3.43. The van der Waals surface area contributed by atoms with Crippen LogP contribution >= 0.6 is 0 Å². The average molecular weight is 651 g/mol. The molecule has 4 aromatic carbocycles. The highest BCUT2D eigenvalue weighted by molar-refractivity contribution is 7.86. The van der Waals surface area contributed by atoms with Crippen molar-refractivity contribution in [3.8, 4) is 23.0 Å². The first-order valence-corrected chi connectivity index (χ1v) is 14.1. The van der Waals surface area contributed by atoms with Crippen molar-refractivity contribution in [3.05, 3.63) is 68.8 Å². The average Bonchev–Trinajstić information content (AvgIpc) is 2.90. The Kier molecular flexibility index (Phi) is 7.85. The lowest BCUT2D eigenvalue weighted by Crippen LogP contribution is -2.00. The van der Waals surface area contributed by atoms with Crippen molar-refractivity contribution in [2.75, 3.05) is 0 Å². The number of nitro benzene ring substituents is 2. The molecular weight excluding hydrogens is 636 g/mol. The summed E-state index contributed by atoms with van der Waals surface area (Å²) >= 11 is 0. The fourth-order valence-electron chi connectivity index (χ4n) is 3.63. The normalized spacial score (nSPS) is 12.3. The summed E-state index contributed by atoms with van der Waals surface area (Å²) in [6.45, 7) is 0. The van der Waals surface area contributed by atoms with Crippen LogP contribution in [0.1, 0.15) is 0 Å². The smallest absolute Gasteiger partial charge is 0.319 e. The number of non-ortho nitro benzene ring substituents is 1. The largest absolute Gasteiger partial charge is 0.507 e. The highest BCUT2D eigenvalue weighted by atomic mass is 32.2. The Hall–Kier alpha value is -5.84. The Balaban J connectivity index is 1.84. The van der Waals surface area contributed by atoms with Crippen LogP contribution in [0.5, 0.6) is 23.0 Å². The zero-order valence-electron chi connectivity index (χ0n) is 21.1. The van der Waals surface area contributed by atoms with Gasteiger partial charge in [-0.2, -0.15) is 16.8 Å². The van der Waals surface area contributed by atoms with Crippen molar-refractivity contribution in [1.82, 2.24) is 0 Å². The molecule has 0 aliphatic carbocycles. The lowest BCUT2D eigenvalue weighted by molar-refractivity contribution is -0.394. The zero-order chi connectivity index (χ0) is 32.7. The van der Waals surface area contributed by atoms with Crippen LogP contribution in [0.4, 0.5) is 34.1 Å². The number of nitro groups is 2. The van der Waals surface area contributed by atoms with Gasteiger partial charge in [-0.1, -0.05) is 0 Å². The molecule has 0 amide bonds. The monoisotopic (exact) mass is 650 g/mol. The van der Waals surface area contributed by atoms with E-state index < -0.39 is 97.0 Å². The molecule has 0 aromatic heterocycles. The van der Waals surface area contributed by atoms with Crippen molar-refractivity contribution < 1.29 is 56.2 Å². The highest BCUT2D eigenvalue weighted by Crippen LogP contribution is 2.44. The number of fused-ring (bicyclic) bond motifs is 1. The number of hydrogen-bond donors (Lipinski definition) is 6. The number of aromatic hydroxyl groups is 4. The van der Waals surface area contributed by atoms with Gasteiger partial charge in [0.15, 0.2) is 0 Å². The minimum atomic E-state index is -4.95. The molecule has 0 bridgehead atoms. The van der Waals surface area contributed by atoms with Crippen molar-refractivity contribution in [2.45, 2.75) is 9.79 Å². The van der Waals surface area contributed by atoms with E-state index in [0.717, 1.165) is 24.3 Å². The third-order valence-corrected chi connectivity index (χ3v) is 7.28. The summed E-state index contributed by atoms with van der Waals surface area (Å²) in [6, 6.07) is 5.51. The molecule has 0 radical (unpaired) electrons. The second-order valence-corrected chi connectivity index (χ2v) is 11.4. The van der Waals surface area contributed by atoms with Crippen LogP contribution in [-0.2, 0) is 20.2 Å². The Labute approximate surface area is 243 Å². The molecule has 0 spiro atoms. The minimum absolute atomic E-state index is 0.311. The van der Waals surface area contributed by atoms with E-state index in [1.807, 2.05) is 0 Å². The molecule has 20 nitrogen and oxygen atoms in total. The molecule has 228 valence electrons. The third kappa shape index (κ3) is 6.31. The van der Waals surface area contributed by atoms with Crippen LogP contribution in [0, 0.1) is 20.2 Å². The van der Waals surface area contributed by atoms with Gasteiger partial charge in [-0.05, 0) is 23.6 Å². The van der Waals surface area contributed by atoms with Gasteiger partial charge in [-0.25, -0.2) is 0 Å². The summed E-state index contributed by atoms with van der Waals surface area (Å²) in [6.07, 6.45) is 0. The highest BCUT2D eigenvalue weighted by Gasteiger charge is 2.24. The van der Waals surface area contributed by atoms with Gasteiger partial charge in [0.05, 0.1) is 36.8 Å². The maximum atomic E-state index is 11.8. The van der Waals surface area contributed by atoms with Gasteiger partial charge in [0.1, 0.15) is 34.3 Å². The number of phenolic OH excluding ortho intramolecular Hbond substituents is 4. The van der Waals surface area contributed by atoms with Gasteiger partial charge in [-0.15, -0.1) is 20.5 Å². The predicted molar refractivity (Wildman–Crippen MR) is 145 cm³/mol. The predicted octanol–water partition coefficient (Wildman–Crippen LogP) is 4.80. The van der Waals surface area contributed by atoms with Crippen LogP contribution in [0.3, 0.4) is 0 Å². The molecule has 4 aromatic rings. The Morgan fingerprint density at radius 3 is 1.57 bits per heavy atom. The Bertz CT molecular complexity index is 2180. The van der Waals surface area contributed by atoms with Crippen molar-refractivity contribution in [1.29, 1.82) is 0 Å². The first-order valence-electron chi connectivity index (χ1n) is 11.2. The molecule has 0 aliphatic heterocycles. The molecule has 0 saturated heterocycles. The van der Waals surface area contributed by atoms with Crippen molar-refractivity contribution >= 4 is 65.1 Å². The van der Waals surface area contributed by atoms with E-state index in [1.165, 1.54) is 0 Å². The van der Waals surface area contributed by atoms with Gasteiger partial charge in [0, 0.05) is 24.3 Å². The molecule has 0 heterocycles. The summed E-state index contributed by atoms with van der Waals surface area (Å²) in [4.78, 5) is 18.5. The first-order chi connectivity index (χ1) is 20.4. The third-order valence-electron chi connectivity index (χ3n) is 5.61.